The van der Waals surface area contributed by atoms with Crippen molar-refractivity contribution in [2.24, 2.45) is 0 Å². The largest absolute Gasteiger partial charge is 0.350 e. The van der Waals surface area contributed by atoms with Gasteiger partial charge in [-0.15, -0.1) is 0 Å². The maximum Gasteiger partial charge on any atom is 0.329 e. The first kappa shape index (κ1) is 20.3. The van der Waals surface area contributed by atoms with Crippen molar-refractivity contribution in [3.63, 3.8) is 0 Å². The molecule has 0 radical (unpaired) electrons. The monoisotopic (exact) mass is 417 g/mol. The van der Waals surface area contributed by atoms with Crippen LogP contribution in [0.4, 0.5) is 4.39 Å². The van der Waals surface area contributed by atoms with E-state index in [0.717, 1.165) is 10.1 Å². The summed E-state index contributed by atoms with van der Waals surface area (Å²) >= 11 is 0. The first-order chi connectivity index (χ1) is 15.0. The number of para-hydroxylation sites is 1. The van der Waals surface area contributed by atoms with Crippen LogP contribution < -0.4 is 16.6 Å². The molecule has 1 aromatic heterocycles. The van der Waals surface area contributed by atoms with Crippen LogP contribution in [0.5, 0.6) is 0 Å². The molecular formula is C24H20FN3O3. The van der Waals surface area contributed by atoms with Crippen molar-refractivity contribution < 1.29 is 9.18 Å². The van der Waals surface area contributed by atoms with Crippen molar-refractivity contribution in [2.75, 3.05) is 0 Å². The lowest BCUT2D eigenvalue weighted by atomic mass is 10.0. The van der Waals surface area contributed by atoms with Crippen LogP contribution in [-0.2, 0) is 17.8 Å². The molecule has 7 heteroatoms. The lowest BCUT2D eigenvalue weighted by molar-refractivity contribution is -0.124. The Hall–Kier alpha value is -4.00. The summed E-state index contributed by atoms with van der Waals surface area (Å²) in [4.78, 5) is 41.7. The van der Waals surface area contributed by atoms with Gasteiger partial charge in [0.1, 0.15) is 11.9 Å². The molecule has 0 bridgehead atoms. The number of nitrogens with zero attached hydrogens (tertiary/aromatic N) is 1. The van der Waals surface area contributed by atoms with Crippen LogP contribution in [0.3, 0.4) is 0 Å². The number of hydrogen-bond acceptors (Lipinski definition) is 3. The highest BCUT2D eigenvalue weighted by molar-refractivity contribution is 5.82. The molecule has 4 aromatic rings. The molecule has 0 saturated carbocycles. The number of rotatable bonds is 6. The number of halogens is 1. The smallest absolute Gasteiger partial charge is 0.329 e. The summed E-state index contributed by atoms with van der Waals surface area (Å²) in [5, 5.41) is 3.09. The lowest BCUT2D eigenvalue weighted by Crippen LogP contribution is -2.45. The molecule has 1 amide bonds. The lowest BCUT2D eigenvalue weighted by Gasteiger charge is -2.19. The molecular weight excluding hydrogens is 397 g/mol. The van der Waals surface area contributed by atoms with Crippen molar-refractivity contribution in [3.05, 3.63) is 117 Å². The molecule has 156 valence electrons. The molecule has 6 nitrogen and oxygen atoms in total. The van der Waals surface area contributed by atoms with Crippen molar-refractivity contribution in [1.29, 1.82) is 0 Å². The molecule has 0 fully saturated rings. The summed E-state index contributed by atoms with van der Waals surface area (Å²) in [6.07, 6.45) is 0.164. The van der Waals surface area contributed by atoms with Gasteiger partial charge in [0.05, 0.1) is 10.9 Å². The number of carbonyl (C=O) groups excluding carboxylic acids is 1. The molecule has 3 aromatic carbocycles. The highest BCUT2D eigenvalue weighted by Gasteiger charge is 2.25. The molecule has 31 heavy (non-hydrogen) atoms. The molecule has 0 aliphatic rings. The Balaban J connectivity index is 1.71. The van der Waals surface area contributed by atoms with E-state index in [1.54, 1.807) is 36.4 Å². The van der Waals surface area contributed by atoms with Crippen molar-refractivity contribution in [2.45, 2.75) is 19.0 Å². The van der Waals surface area contributed by atoms with Crippen LogP contribution in [-0.4, -0.2) is 15.5 Å². The second kappa shape index (κ2) is 8.79. The van der Waals surface area contributed by atoms with Gasteiger partial charge in [-0.3, -0.25) is 9.59 Å². The zero-order valence-corrected chi connectivity index (χ0v) is 16.5. The average Bonchev–Trinajstić information content (AvgIpc) is 2.78. The van der Waals surface area contributed by atoms with Gasteiger partial charge in [-0.25, -0.2) is 13.8 Å². The van der Waals surface area contributed by atoms with Gasteiger partial charge < -0.3 is 10.3 Å². The van der Waals surface area contributed by atoms with E-state index < -0.39 is 23.2 Å². The quantitative estimate of drug-likeness (QED) is 0.506. The molecule has 2 N–H and O–H groups in total. The highest BCUT2D eigenvalue weighted by atomic mass is 19.1. The van der Waals surface area contributed by atoms with Gasteiger partial charge in [0.25, 0.3) is 5.56 Å². The third kappa shape index (κ3) is 4.45. The maximum absolute atomic E-state index is 13.1. The summed E-state index contributed by atoms with van der Waals surface area (Å²) in [6, 6.07) is 20.5. The van der Waals surface area contributed by atoms with Gasteiger partial charge in [-0.1, -0.05) is 54.6 Å². The molecule has 4 rings (SSSR count). The number of fused-ring (bicyclic) bond motifs is 1. The van der Waals surface area contributed by atoms with Crippen LogP contribution in [0.15, 0.2) is 88.5 Å². The van der Waals surface area contributed by atoms with E-state index in [2.05, 4.69) is 10.3 Å². The van der Waals surface area contributed by atoms with Gasteiger partial charge in [0, 0.05) is 13.0 Å². The molecule has 0 aliphatic carbocycles. The van der Waals surface area contributed by atoms with Crippen LogP contribution in [0.25, 0.3) is 10.9 Å². The van der Waals surface area contributed by atoms with Crippen LogP contribution >= 0.6 is 0 Å². The zero-order chi connectivity index (χ0) is 21.8. The van der Waals surface area contributed by atoms with E-state index in [1.165, 1.54) is 12.1 Å². The van der Waals surface area contributed by atoms with Crippen molar-refractivity contribution >= 4 is 16.8 Å². The Morgan fingerprint density at radius 1 is 0.903 bits per heavy atom. The first-order valence-corrected chi connectivity index (χ1v) is 9.82. The molecule has 0 saturated heterocycles. The summed E-state index contributed by atoms with van der Waals surface area (Å²) < 4.78 is 14.1. The number of nitrogens with one attached hydrogen (secondary N) is 2. The SMILES string of the molecule is O=C(NCc1ccc(F)cc1)[C@@H](Cc1ccccc1)n1c(=O)[nH]c2ccccc2c1=O. The number of aromatic amines is 1. The molecule has 0 aliphatic heterocycles. The molecule has 1 heterocycles. The Morgan fingerprint density at radius 2 is 1.58 bits per heavy atom. The fourth-order valence-electron chi connectivity index (χ4n) is 3.51. The number of amides is 1. The predicted octanol–water partition coefficient (Wildman–Crippen LogP) is 2.93. The Kier molecular flexibility index (Phi) is 5.75. The minimum Gasteiger partial charge on any atom is -0.350 e. The van der Waals surface area contributed by atoms with Gasteiger partial charge in [0.2, 0.25) is 5.91 Å². The fraction of sp³-hybridized carbons (Fsp3) is 0.125. The second-order valence-corrected chi connectivity index (χ2v) is 7.20. The number of benzene rings is 3. The highest BCUT2D eigenvalue weighted by Crippen LogP contribution is 2.14. The van der Waals surface area contributed by atoms with Crippen molar-refractivity contribution in [1.82, 2.24) is 14.9 Å². The maximum atomic E-state index is 13.1. The van der Waals surface area contributed by atoms with Crippen LogP contribution in [0.1, 0.15) is 17.2 Å². The van der Waals surface area contributed by atoms with Crippen LogP contribution in [0, 0.1) is 5.82 Å². The summed E-state index contributed by atoms with van der Waals surface area (Å²) in [5.41, 5.74) is 0.745. The third-order valence-electron chi connectivity index (χ3n) is 5.10. The topological polar surface area (TPSA) is 84.0 Å². The van der Waals surface area contributed by atoms with Gasteiger partial charge in [-0.05, 0) is 35.4 Å². The normalized spacial score (nSPS) is 11.9. The van der Waals surface area contributed by atoms with Crippen LogP contribution in [0.2, 0.25) is 0 Å². The van der Waals surface area contributed by atoms with Crippen molar-refractivity contribution in [3.8, 4) is 0 Å². The Morgan fingerprint density at radius 3 is 2.32 bits per heavy atom. The van der Waals surface area contributed by atoms with E-state index in [0.29, 0.717) is 16.5 Å². The average molecular weight is 417 g/mol. The Bertz CT molecular complexity index is 1330. The van der Waals surface area contributed by atoms with E-state index in [4.69, 9.17) is 0 Å². The van der Waals surface area contributed by atoms with Gasteiger partial charge >= 0.3 is 5.69 Å². The van der Waals surface area contributed by atoms with E-state index >= 15 is 0 Å². The van der Waals surface area contributed by atoms with E-state index in [-0.39, 0.29) is 18.8 Å². The first-order valence-electron chi connectivity index (χ1n) is 9.82. The number of carbonyl (C=O) groups is 1. The van der Waals surface area contributed by atoms with E-state index in [9.17, 15) is 18.8 Å². The van der Waals surface area contributed by atoms with Gasteiger partial charge in [-0.2, -0.15) is 0 Å². The standard InChI is InChI=1S/C24H20FN3O3/c25-18-12-10-17(11-13-18)15-26-22(29)21(14-16-6-2-1-3-7-16)28-23(30)19-8-4-5-9-20(19)27-24(28)31/h1-13,21H,14-15H2,(H,26,29)(H,27,31)/t21-/m1/s1. The molecule has 0 spiro atoms. The Labute approximate surface area is 177 Å². The van der Waals surface area contributed by atoms with Gasteiger partial charge in [0.15, 0.2) is 0 Å². The number of H-pyrrole nitrogens is 1. The summed E-state index contributed by atoms with van der Waals surface area (Å²) in [5.74, 6) is -0.845. The van der Waals surface area contributed by atoms with E-state index in [1.807, 2.05) is 30.3 Å². The predicted molar refractivity (Wildman–Crippen MR) is 116 cm³/mol. The molecule has 0 unspecified atom stereocenters. The number of hydrogen-bond donors (Lipinski definition) is 2. The fourth-order valence-corrected chi connectivity index (χ4v) is 3.51. The summed E-state index contributed by atoms with van der Waals surface area (Å²) in [6.45, 7) is 0.143. The third-order valence-corrected chi connectivity index (χ3v) is 5.10. The minimum atomic E-state index is -1.05. The zero-order valence-electron chi connectivity index (χ0n) is 16.5. The summed E-state index contributed by atoms with van der Waals surface area (Å²) in [7, 11) is 0. The number of aromatic nitrogens is 2. The minimum absolute atomic E-state index is 0.143. The molecule has 1 atom stereocenters. The second-order valence-electron chi connectivity index (χ2n) is 7.20.